The number of carbonyl (C=O) groups is 1. The zero-order chi connectivity index (χ0) is 8.81. The van der Waals surface area contributed by atoms with E-state index in [9.17, 15) is 4.79 Å². The molecule has 0 spiro atoms. The van der Waals surface area contributed by atoms with Gasteiger partial charge in [0, 0.05) is 19.0 Å². The Labute approximate surface area is 71.9 Å². The summed E-state index contributed by atoms with van der Waals surface area (Å²) in [7, 11) is 0. The standard InChI is InChI=1S/C8H13N3O/c9-3-4-10-5-6-11-8(12)7-1-2-7/h7,10H,1-2,4-6H2,(H,11,12). The zero-order valence-electron chi connectivity index (χ0n) is 6.97. The van der Waals surface area contributed by atoms with E-state index in [2.05, 4.69) is 10.6 Å². The summed E-state index contributed by atoms with van der Waals surface area (Å²) in [4.78, 5) is 11.0. The second-order valence-corrected chi connectivity index (χ2v) is 2.90. The molecule has 0 aromatic rings. The van der Waals surface area contributed by atoms with Gasteiger partial charge in [0.25, 0.3) is 0 Å². The molecule has 0 atom stereocenters. The van der Waals surface area contributed by atoms with Crippen molar-refractivity contribution < 1.29 is 4.79 Å². The van der Waals surface area contributed by atoms with Gasteiger partial charge < -0.3 is 10.6 Å². The van der Waals surface area contributed by atoms with Gasteiger partial charge in [0.2, 0.25) is 5.91 Å². The van der Waals surface area contributed by atoms with Crippen LogP contribution in [0.5, 0.6) is 0 Å². The largest absolute Gasteiger partial charge is 0.355 e. The van der Waals surface area contributed by atoms with Crippen LogP contribution in [0.4, 0.5) is 0 Å². The molecule has 0 bridgehead atoms. The molecule has 12 heavy (non-hydrogen) atoms. The van der Waals surface area contributed by atoms with Crippen molar-refractivity contribution in [2.24, 2.45) is 5.92 Å². The molecule has 0 aromatic carbocycles. The van der Waals surface area contributed by atoms with Crippen molar-refractivity contribution in [2.45, 2.75) is 12.8 Å². The minimum Gasteiger partial charge on any atom is -0.355 e. The monoisotopic (exact) mass is 167 g/mol. The molecule has 0 heterocycles. The minimum atomic E-state index is 0.161. The van der Waals surface area contributed by atoms with Crippen molar-refractivity contribution in [3.05, 3.63) is 0 Å². The van der Waals surface area contributed by atoms with Crippen LogP contribution in [-0.4, -0.2) is 25.5 Å². The maximum absolute atomic E-state index is 11.0. The average Bonchev–Trinajstić information content (AvgIpc) is 2.86. The van der Waals surface area contributed by atoms with Crippen LogP contribution in [0, 0.1) is 17.2 Å². The summed E-state index contributed by atoms with van der Waals surface area (Å²) in [6, 6.07) is 1.97. The van der Waals surface area contributed by atoms with E-state index < -0.39 is 0 Å². The summed E-state index contributed by atoms with van der Waals surface area (Å²) in [6.45, 7) is 1.64. The number of carbonyl (C=O) groups excluding carboxylic acids is 1. The molecule has 1 fully saturated rings. The first-order valence-electron chi connectivity index (χ1n) is 4.20. The highest BCUT2D eigenvalue weighted by molar-refractivity contribution is 5.80. The molecule has 0 aromatic heterocycles. The zero-order valence-corrected chi connectivity index (χ0v) is 6.97. The third-order valence-electron chi connectivity index (χ3n) is 1.75. The average molecular weight is 167 g/mol. The molecule has 1 saturated carbocycles. The van der Waals surface area contributed by atoms with Crippen LogP contribution in [0.2, 0.25) is 0 Å². The predicted molar refractivity (Wildman–Crippen MR) is 44.2 cm³/mol. The summed E-state index contributed by atoms with van der Waals surface area (Å²) in [5.41, 5.74) is 0. The van der Waals surface area contributed by atoms with E-state index >= 15 is 0 Å². The Morgan fingerprint density at radius 1 is 1.50 bits per heavy atom. The second kappa shape index (κ2) is 4.73. The van der Waals surface area contributed by atoms with Crippen molar-refractivity contribution in [3.63, 3.8) is 0 Å². The molecule has 1 amide bonds. The summed E-state index contributed by atoms with van der Waals surface area (Å²) in [5.74, 6) is 0.440. The topological polar surface area (TPSA) is 64.9 Å². The first-order chi connectivity index (χ1) is 5.84. The maximum atomic E-state index is 11.0. The van der Waals surface area contributed by atoms with Gasteiger partial charge in [0.05, 0.1) is 12.6 Å². The lowest BCUT2D eigenvalue weighted by atomic mass is 10.4. The highest BCUT2D eigenvalue weighted by Gasteiger charge is 2.28. The third kappa shape index (κ3) is 3.35. The van der Waals surface area contributed by atoms with Gasteiger partial charge in [-0.1, -0.05) is 0 Å². The van der Waals surface area contributed by atoms with E-state index in [1.54, 1.807) is 0 Å². The van der Waals surface area contributed by atoms with Crippen molar-refractivity contribution in [1.29, 1.82) is 5.26 Å². The fourth-order valence-corrected chi connectivity index (χ4v) is 0.908. The van der Waals surface area contributed by atoms with Gasteiger partial charge in [0.15, 0.2) is 0 Å². The van der Waals surface area contributed by atoms with Crippen LogP contribution < -0.4 is 10.6 Å². The van der Waals surface area contributed by atoms with Crippen LogP contribution >= 0.6 is 0 Å². The lowest BCUT2D eigenvalue weighted by Crippen LogP contribution is -2.32. The van der Waals surface area contributed by atoms with E-state index in [0.717, 1.165) is 12.8 Å². The fraction of sp³-hybridized carbons (Fsp3) is 0.750. The van der Waals surface area contributed by atoms with Gasteiger partial charge in [-0.25, -0.2) is 0 Å². The van der Waals surface area contributed by atoms with Crippen LogP contribution in [0.3, 0.4) is 0 Å². The molecular formula is C8H13N3O. The van der Waals surface area contributed by atoms with Crippen molar-refractivity contribution >= 4 is 5.91 Å². The Kier molecular flexibility index (Phi) is 3.55. The molecule has 1 rings (SSSR count). The smallest absolute Gasteiger partial charge is 0.223 e. The van der Waals surface area contributed by atoms with Crippen LogP contribution in [-0.2, 0) is 4.79 Å². The van der Waals surface area contributed by atoms with Gasteiger partial charge in [-0.15, -0.1) is 0 Å². The summed E-state index contributed by atoms with van der Waals surface area (Å²) >= 11 is 0. The molecule has 4 nitrogen and oxygen atoms in total. The molecule has 0 unspecified atom stereocenters. The van der Waals surface area contributed by atoms with Crippen LogP contribution in [0.25, 0.3) is 0 Å². The molecule has 66 valence electrons. The number of amides is 1. The van der Waals surface area contributed by atoms with Gasteiger partial charge in [0.1, 0.15) is 0 Å². The first-order valence-corrected chi connectivity index (χ1v) is 4.20. The van der Waals surface area contributed by atoms with Gasteiger partial charge in [-0.3, -0.25) is 4.79 Å². The molecule has 4 heteroatoms. The first kappa shape index (κ1) is 9.01. The lowest BCUT2D eigenvalue weighted by molar-refractivity contribution is -0.122. The molecule has 0 radical (unpaired) electrons. The Morgan fingerprint density at radius 2 is 2.25 bits per heavy atom. The van der Waals surface area contributed by atoms with Gasteiger partial charge in [-0.05, 0) is 12.8 Å². The number of hydrogen-bond donors (Lipinski definition) is 2. The highest BCUT2D eigenvalue weighted by atomic mass is 16.2. The SMILES string of the molecule is N#CCNCCNC(=O)C1CC1. The molecular weight excluding hydrogens is 154 g/mol. The molecule has 1 aliphatic carbocycles. The van der Waals surface area contributed by atoms with Gasteiger partial charge >= 0.3 is 0 Å². The molecule has 2 N–H and O–H groups in total. The van der Waals surface area contributed by atoms with Crippen molar-refractivity contribution in [1.82, 2.24) is 10.6 Å². The number of hydrogen-bond acceptors (Lipinski definition) is 3. The number of nitrogens with zero attached hydrogens (tertiary/aromatic N) is 1. The molecule has 0 aliphatic heterocycles. The second-order valence-electron chi connectivity index (χ2n) is 2.90. The quantitative estimate of drug-likeness (QED) is 0.433. The van der Waals surface area contributed by atoms with Gasteiger partial charge in [-0.2, -0.15) is 5.26 Å². The van der Waals surface area contributed by atoms with Crippen molar-refractivity contribution in [3.8, 4) is 6.07 Å². The summed E-state index contributed by atoms with van der Waals surface area (Å²) < 4.78 is 0. The predicted octanol–water partition coefficient (Wildman–Crippen LogP) is -0.374. The Balaban J connectivity index is 1.88. The highest BCUT2D eigenvalue weighted by Crippen LogP contribution is 2.28. The Bertz CT molecular complexity index is 193. The lowest BCUT2D eigenvalue weighted by Gasteiger charge is -2.02. The number of rotatable bonds is 5. The Hall–Kier alpha value is -1.08. The number of nitrogens with one attached hydrogen (secondary N) is 2. The third-order valence-corrected chi connectivity index (χ3v) is 1.75. The van der Waals surface area contributed by atoms with E-state index in [1.165, 1.54) is 0 Å². The normalized spacial score (nSPS) is 15.2. The van der Waals surface area contributed by atoms with E-state index in [0.29, 0.717) is 19.6 Å². The van der Waals surface area contributed by atoms with E-state index in [1.807, 2.05) is 6.07 Å². The van der Waals surface area contributed by atoms with E-state index in [-0.39, 0.29) is 11.8 Å². The maximum Gasteiger partial charge on any atom is 0.223 e. The minimum absolute atomic E-state index is 0.161. The van der Waals surface area contributed by atoms with Crippen molar-refractivity contribution in [2.75, 3.05) is 19.6 Å². The van der Waals surface area contributed by atoms with E-state index in [4.69, 9.17) is 5.26 Å². The number of nitriles is 1. The fourth-order valence-electron chi connectivity index (χ4n) is 0.908. The summed E-state index contributed by atoms with van der Waals surface area (Å²) in [5, 5.41) is 13.8. The summed E-state index contributed by atoms with van der Waals surface area (Å²) in [6.07, 6.45) is 2.08. The van der Waals surface area contributed by atoms with Crippen LogP contribution in [0.1, 0.15) is 12.8 Å². The Morgan fingerprint density at radius 3 is 2.83 bits per heavy atom. The molecule has 1 aliphatic rings. The molecule has 0 saturated heterocycles. The van der Waals surface area contributed by atoms with Crippen LogP contribution in [0.15, 0.2) is 0 Å².